The van der Waals surface area contributed by atoms with Crippen LogP contribution in [0.25, 0.3) is 11.6 Å². The molecule has 8 nitrogen and oxygen atoms in total. The van der Waals surface area contributed by atoms with Crippen LogP contribution in [-0.4, -0.2) is 26.3 Å². The molecule has 0 bridgehead atoms. The third-order valence-corrected chi connectivity index (χ3v) is 3.96. The molecule has 0 aromatic carbocycles. The first-order chi connectivity index (χ1) is 11.7. The zero-order chi connectivity index (χ0) is 16.5. The molecular weight excluding hydrogens is 312 g/mol. The van der Waals surface area contributed by atoms with Gasteiger partial charge in [-0.1, -0.05) is 0 Å². The van der Waals surface area contributed by atoms with E-state index in [1.54, 1.807) is 12.3 Å². The Bertz CT molecular complexity index is 872. The van der Waals surface area contributed by atoms with E-state index in [9.17, 15) is 10.1 Å². The molecule has 1 aliphatic heterocycles. The lowest BCUT2D eigenvalue weighted by molar-refractivity contribution is -0.402. The molecule has 0 spiro atoms. The molecule has 0 amide bonds. The smallest absolute Gasteiger partial charge is 0.433 e. The van der Waals surface area contributed by atoms with E-state index in [1.165, 1.54) is 6.07 Å². The molecule has 4 heterocycles. The van der Waals surface area contributed by atoms with Gasteiger partial charge in [-0.15, -0.1) is 0 Å². The molecule has 0 saturated carbocycles. The first-order valence-corrected chi connectivity index (χ1v) is 7.53. The third-order valence-electron chi connectivity index (χ3n) is 3.96. The van der Waals surface area contributed by atoms with Gasteiger partial charge >= 0.3 is 5.88 Å². The highest BCUT2D eigenvalue weighted by molar-refractivity contribution is 5.46. The van der Waals surface area contributed by atoms with Crippen LogP contribution in [0.3, 0.4) is 0 Å². The van der Waals surface area contributed by atoms with Crippen LogP contribution in [0.5, 0.6) is 0 Å². The summed E-state index contributed by atoms with van der Waals surface area (Å²) in [5, 5.41) is 10.7. The number of hydrogen-bond donors (Lipinski definition) is 0. The van der Waals surface area contributed by atoms with Gasteiger partial charge in [0.2, 0.25) is 0 Å². The summed E-state index contributed by atoms with van der Waals surface area (Å²) in [4.78, 5) is 21.2. The second kappa shape index (κ2) is 5.89. The van der Waals surface area contributed by atoms with E-state index in [2.05, 4.69) is 14.9 Å². The molecule has 4 rings (SSSR count). The normalized spacial score (nSPS) is 14.5. The van der Waals surface area contributed by atoms with Crippen LogP contribution in [0.1, 0.15) is 17.0 Å². The first kappa shape index (κ1) is 14.6. The molecular formula is C16H14N4O4. The maximum absolute atomic E-state index is 10.7. The van der Waals surface area contributed by atoms with Crippen LogP contribution in [0.15, 0.2) is 45.6 Å². The van der Waals surface area contributed by atoms with Gasteiger partial charge in [0, 0.05) is 31.3 Å². The lowest BCUT2D eigenvalue weighted by atomic mass is 10.1. The standard InChI is InChI=1S/C16H14N4O4/c21-20(22)15-4-3-12(24-15)10-19-6-5-13-11(9-19)8-17-16(18-13)14-2-1-7-23-14/h1-4,7-8H,5-6,9-10H2. The van der Waals surface area contributed by atoms with Gasteiger partial charge in [-0.2, -0.15) is 0 Å². The van der Waals surface area contributed by atoms with E-state index < -0.39 is 4.92 Å². The van der Waals surface area contributed by atoms with Gasteiger partial charge in [-0.05, 0) is 18.2 Å². The fourth-order valence-corrected chi connectivity index (χ4v) is 2.80. The van der Waals surface area contributed by atoms with Crippen molar-refractivity contribution < 1.29 is 13.8 Å². The molecule has 3 aromatic rings. The van der Waals surface area contributed by atoms with Crippen LogP contribution in [0.4, 0.5) is 5.88 Å². The van der Waals surface area contributed by atoms with Gasteiger partial charge in [0.05, 0.1) is 24.6 Å². The van der Waals surface area contributed by atoms with E-state index in [0.29, 0.717) is 30.4 Å². The Balaban J connectivity index is 1.48. The molecule has 24 heavy (non-hydrogen) atoms. The van der Waals surface area contributed by atoms with Crippen molar-refractivity contribution in [3.8, 4) is 11.6 Å². The molecule has 122 valence electrons. The zero-order valence-electron chi connectivity index (χ0n) is 12.7. The summed E-state index contributed by atoms with van der Waals surface area (Å²) in [6, 6.07) is 6.67. The summed E-state index contributed by atoms with van der Waals surface area (Å²) < 4.78 is 10.5. The van der Waals surface area contributed by atoms with Crippen LogP contribution < -0.4 is 0 Å². The van der Waals surface area contributed by atoms with Crippen molar-refractivity contribution in [2.45, 2.75) is 19.5 Å². The fraction of sp³-hybridized carbons (Fsp3) is 0.250. The van der Waals surface area contributed by atoms with Gasteiger partial charge in [-0.25, -0.2) is 9.97 Å². The van der Waals surface area contributed by atoms with E-state index >= 15 is 0 Å². The van der Waals surface area contributed by atoms with Gasteiger partial charge < -0.3 is 8.83 Å². The molecule has 0 fully saturated rings. The van der Waals surface area contributed by atoms with Gasteiger partial charge in [-0.3, -0.25) is 15.0 Å². The summed E-state index contributed by atoms with van der Waals surface area (Å²) in [5.41, 5.74) is 2.07. The Kier molecular flexibility index (Phi) is 3.58. The quantitative estimate of drug-likeness (QED) is 0.537. The number of nitrogens with zero attached hydrogens (tertiary/aromatic N) is 4. The Morgan fingerprint density at radius 3 is 3.00 bits per heavy atom. The second-order valence-electron chi connectivity index (χ2n) is 5.60. The maximum atomic E-state index is 10.7. The monoisotopic (exact) mass is 326 g/mol. The highest BCUT2D eigenvalue weighted by Gasteiger charge is 2.21. The van der Waals surface area contributed by atoms with Gasteiger partial charge in [0.1, 0.15) is 10.7 Å². The summed E-state index contributed by atoms with van der Waals surface area (Å²) in [5.74, 6) is 1.60. The molecule has 0 atom stereocenters. The number of hydrogen-bond acceptors (Lipinski definition) is 7. The van der Waals surface area contributed by atoms with Crippen LogP contribution >= 0.6 is 0 Å². The molecule has 0 unspecified atom stereocenters. The minimum Gasteiger partial charge on any atom is -0.461 e. The predicted octanol–water partition coefficient (Wildman–Crippen LogP) is 2.80. The Morgan fingerprint density at radius 2 is 2.25 bits per heavy atom. The molecule has 8 heteroatoms. The molecule has 3 aromatic heterocycles. The van der Waals surface area contributed by atoms with Crippen molar-refractivity contribution in [3.63, 3.8) is 0 Å². The molecule has 0 saturated heterocycles. The van der Waals surface area contributed by atoms with E-state index in [-0.39, 0.29) is 5.88 Å². The molecule has 0 aliphatic carbocycles. The zero-order valence-corrected chi connectivity index (χ0v) is 12.7. The van der Waals surface area contributed by atoms with E-state index in [0.717, 1.165) is 24.2 Å². The van der Waals surface area contributed by atoms with E-state index in [4.69, 9.17) is 8.83 Å². The lowest BCUT2D eigenvalue weighted by Crippen LogP contribution is -2.30. The minimum absolute atomic E-state index is 0.228. The summed E-state index contributed by atoms with van der Waals surface area (Å²) in [7, 11) is 0. The number of furan rings is 2. The van der Waals surface area contributed by atoms with Crippen LogP contribution in [0, 0.1) is 10.1 Å². The fourth-order valence-electron chi connectivity index (χ4n) is 2.80. The van der Waals surface area contributed by atoms with Crippen molar-refractivity contribution in [3.05, 3.63) is 63.9 Å². The third kappa shape index (κ3) is 2.79. The van der Waals surface area contributed by atoms with Crippen LogP contribution in [-0.2, 0) is 19.5 Å². The topological polar surface area (TPSA) is 98.4 Å². The molecule has 0 radical (unpaired) electrons. The van der Waals surface area contributed by atoms with Crippen molar-refractivity contribution in [1.82, 2.24) is 14.9 Å². The number of nitro groups is 1. The Morgan fingerprint density at radius 1 is 1.33 bits per heavy atom. The minimum atomic E-state index is -0.529. The largest absolute Gasteiger partial charge is 0.461 e. The Labute approximate surface area is 136 Å². The van der Waals surface area contributed by atoms with Crippen molar-refractivity contribution in [2.75, 3.05) is 6.54 Å². The average molecular weight is 326 g/mol. The number of rotatable bonds is 4. The average Bonchev–Trinajstić information content (AvgIpc) is 3.26. The van der Waals surface area contributed by atoms with Crippen LogP contribution in [0.2, 0.25) is 0 Å². The first-order valence-electron chi connectivity index (χ1n) is 7.53. The van der Waals surface area contributed by atoms with Gasteiger partial charge in [0.25, 0.3) is 0 Å². The van der Waals surface area contributed by atoms with Crippen molar-refractivity contribution >= 4 is 5.88 Å². The Hall–Kier alpha value is -3.00. The van der Waals surface area contributed by atoms with Crippen molar-refractivity contribution in [2.24, 2.45) is 0 Å². The number of aromatic nitrogens is 2. The maximum Gasteiger partial charge on any atom is 0.433 e. The summed E-state index contributed by atoms with van der Waals surface area (Å²) in [6.07, 6.45) is 4.20. The van der Waals surface area contributed by atoms with E-state index in [1.807, 2.05) is 18.3 Å². The number of fused-ring (bicyclic) bond motifs is 1. The van der Waals surface area contributed by atoms with Gasteiger partial charge in [0.15, 0.2) is 11.6 Å². The van der Waals surface area contributed by atoms with Crippen molar-refractivity contribution in [1.29, 1.82) is 0 Å². The lowest BCUT2D eigenvalue weighted by Gasteiger charge is -2.26. The molecule has 1 aliphatic rings. The second-order valence-corrected chi connectivity index (χ2v) is 5.60. The molecule has 0 N–H and O–H groups in total. The SMILES string of the molecule is O=[N+]([O-])c1ccc(CN2CCc3nc(-c4ccco4)ncc3C2)o1. The summed E-state index contributed by atoms with van der Waals surface area (Å²) >= 11 is 0. The predicted molar refractivity (Wildman–Crippen MR) is 82.9 cm³/mol. The summed E-state index contributed by atoms with van der Waals surface area (Å²) in [6.45, 7) is 2.01. The highest BCUT2D eigenvalue weighted by atomic mass is 16.6. The highest BCUT2D eigenvalue weighted by Crippen LogP contribution is 2.23.